The Morgan fingerprint density at radius 2 is 1.91 bits per heavy atom. The van der Waals surface area contributed by atoms with Gasteiger partial charge < -0.3 is 10.4 Å². The van der Waals surface area contributed by atoms with Crippen molar-refractivity contribution in [1.29, 1.82) is 0 Å². The summed E-state index contributed by atoms with van der Waals surface area (Å²) >= 11 is 5.79. The molecule has 0 saturated carbocycles. The second kappa shape index (κ2) is 7.21. The quantitative estimate of drug-likeness (QED) is 0.649. The molecule has 0 fully saturated rings. The van der Waals surface area contributed by atoms with Gasteiger partial charge in [-0.3, -0.25) is 14.9 Å². The van der Waals surface area contributed by atoms with E-state index in [9.17, 15) is 20.0 Å². The number of nitrogens with zero attached hydrogens (tertiary/aromatic N) is 1. The number of nitro benzene ring substituents is 1. The maximum Gasteiger partial charge on any atom is 0.270 e. The number of aliphatic hydroxyl groups is 1. The normalized spacial score (nSPS) is 13.2. The van der Waals surface area contributed by atoms with E-state index in [1.165, 1.54) is 24.3 Å². The number of carbonyl (C=O) groups is 1. The number of hydrogen-bond donors (Lipinski definition) is 2. The molecule has 6 nitrogen and oxygen atoms in total. The Morgan fingerprint density at radius 3 is 2.52 bits per heavy atom. The van der Waals surface area contributed by atoms with Crippen LogP contribution in [0.4, 0.5) is 5.69 Å². The first kappa shape index (κ1) is 16.9. The van der Waals surface area contributed by atoms with Gasteiger partial charge in [0.2, 0.25) is 0 Å². The fraction of sp³-hybridized carbons (Fsp3) is 0.188. The first-order chi connectivity index (χ1) is 10.9. The molecule has 2 rings (SSSR count). The van der Waals surface area contributed by atoms with Gasteiger partial charge in [-0.1, -0.05) is 29.8 Å². The van der Waals surface area contributed by atoms with Crippen LogP contribution >= 0.6 is 11.6 Å². The topological polar surface area (TPSA) is 92.5 Å². The molecule has 0 spiro atoms. The molecule has 0 aromatic heterocycles. The Hall–Kier alpha value is -2.44. The highest BCUT2D eigenvalue weighted by Crippen LogP contribution is 2.20. The molecule has 2 aromatic carbocycles. The van der Waals surface area contributed by atoms with Gasteiger partial charge in [0.05, 0.1) is 17.1 Å². The summed E-state index contributed by atoms with van der Waals surface area (Å²) in [6.07, 6.45) is -0.921. The molecule has 23 heavy (non-hydrogen) atoms. The van der Waals surface area contributed by atoms with Crippen molar-refractivity contribution in [2.24, 2.45) is 0 Å². The van der Waals surface area contributed by atoms with Gasteiger partial charge in [-0.2, -0.15) is 0 Å². The molecule has 0 aliphatic heterocycles. The zero-order valence-electron chi connectivity index (χ0n) is 12.3. The van der Waals surface area contributed by atoms with Crippen LogP contribution in [0, 0.1) is 10.1 Å². The summed E-state index contributed by atoms with van der Waals surface area (Å²) in [5.74, 6) is -0.491. The monoisotopic (exact) mass is 334 g/mol. The van der Waals surface area contributed by atoms with Crippen molar-refractivity contribution in [3.8, 4) is 0 Å². The molecule has 2 unspecified atom stereocenters. The van der Waals surface area contributed by atoms with Crippen molar-refractivity contribution in [1.82, 2.24) is 5.32 Å². The molecule has 2 atom stereocenters. The van der Waals surface area contributed by atoms with Crippen LogP contribution in [0.15, 0.2) is 48.5 Å². The number of nitro groups is 1. The minimum absolute atomic E-state index is 0.161. The van der Waals surface area contributed by atoms with Crippen molar-refractivity contribution in [2.45, 2.75) is 19.1 Å². The first-order valence-corrected chi connectivity index (χ1v) is 7.25. The zero-order chi connectivity index (χ0) is 17.0. The largest absolute Gasteiger partial charge is 0.386 e. The van der Waals surface area contributed by atoms with E-state index >= 15 is 0 Å². The molecule has 2 aromatic rings. The smallest absolute Gasteiger partial charge is 0.270 e. The highest BCUT2D eigenvalue weighted by Gasteiger charge is 2.20. The Bertz CT molecular complexity index is 718. The molecule has 0 aliphatic rings. The lowest BCUT2D eigenvalue weighted by Crippen LogP contribution is -2.37. The van der Waals surface area contributed by atoms with Gasteiger partial charge in [0.1, 0.15) is 0 Å². The molecule has 0 saturated heterocycles. The summed E-state index contributed by atoms with van der Waals surface area (Å²) in [6, 6.07) is 11.5. The Labute approximate surface area is 137 Å². The predicted molar refractivity (Wildman–Crippen MR) is 86.4 cm³/mol. The molecular weight excluding hydrogens is 320 g/mol. The lowest BCUT2D eigenvalue weighted by atomic mass is 10.0. The van der Waals surface area contributed by atoms with Gasteiger partial charge in [0.15, 0.2) is 0 Å². The molecule has 0 aliphatic carbocycles. The van der Waals surface area contributed by atoms with Crippen LogP contribution in [0.3, 0.4) is 0 Å². The van der Waals surface area contributed by atoms with Gasteiger partial charge in [0.25, 0.3) is 11.6 Å². The van der Waals surface area contributed by atoms with Crippen molar-refractivity contribution in [3.63, 3.8) is 0 Å². The number of amides is 1. The molecule has 2 N–H and O–H groups in total. The molecule has 0 heterocycles. The van der Waals surface area contributed by atoms with E-state index in [1.54, 1.807) is 31.2 Å². The second-order valence-corrected chi connectivity index (χ2v) is 5.50. The minimum Gasteiger partial charge on any atom is -0.386 e. The third kappa shape index (κ3) is 4.28. The third-order valence-corrected chi connectivity index (χ3v) is 3.62. The molecule has 0 radical (unpaired) electrons. The number of nitrogens with one attached hydrogen (secondary N) is 1. The third-order valence-electron chi connectivity index (χ3n) is 3.36. The lowest BCUT2D eigenvalue weighted by Gasteiger charge is -2.20. The van der Waals surface area contributed by atoms with E-state index in [0.717, 1.165) is 0 Å². The van der Waals surface area contributed by atoms with Crippen LogP contribution in [0.5, 0.6) is 0 Å². The maximum absolute atomic E-state index is 12.2. The number of benzene rings is 2. The standard InChI is InChI=1S/C16H15ClN2O4/c1-10(15(20)11-5-7-13(17)8-6-11)18-16(21)12-3-2-4-14(9-12)19(22)23/h2-10,15,20H,1H3,(H,18,21). The van der Waals surface area contributed by atoms with Crippen molar-refractivity contribution < 1.29 is 14.8 Å². The van der Waals surface area contributed by atoms with Gasteiger partial charge >= 0.3 is 0 Å². The number of halogens is 1. The summed E-state index contributed by atoms with van der Waals surface area (Å²) in [5, 5.41) is 24.2. The van der Waals surface area contributed by atoms with E-state index in [-0.39, 0.29) is 11.3 Å². The zero-order valence-corrected chi connectivity index (χ0v) is 13.0. The summed E-state index contributed by atoms with van der Waals surface area (Å²) in [6.45, 7) is 1.65. The first-order valence-electron chi connectivity index (χ1n) is 6.87. The van der Waals surface area contributed by atoms with E-state index in [1.807, 2.05) is 0 Å². The average Bonchev–Trinajstić information content (AvgIpc) is 2.54. The van der Waals surface area contributed by atoms with Gasteiger partial charge in [-0.25, -0.2) is 0 Å². The van der Waals surface area contributed by atoms with Crippen LogP contribution in [0.1, 0.15) is 28.9 Å². The minimum atomic E-state index is -0.921. The fourth-order valence-electron chi connectivity index (χ4n) is 2.08. The fourth-order valence-corrected chi connectivity index (χ4v) is 2.20. The van der Waals surface area contributed by atoms with Crippen LogP contribution in [0.2, 0.25) is 5.02 Å². The van der Waals surface area contributed by atoms with Crippen LogP contribution < -0.4 is 5.32 Å². The van der Waals surface area contributed by atoms with E-state index in [0.29, 0.717) is 10.6 Å². The van der Waals surface area contributed by atoms with E-state index < -0.39 is 23.0 Å². The number of non-ortho nitro benzene ring substituents is 1. The van der Waals surface area contributed by atoms with Gasteiger partial charge in [0, 0.05) is 22.7 Å². The van der Waals surface area contributed by atoms with Gasteiger partial charge in [-0.05, 0) is 30.7 Å². The average molecular weight is 335 g/mol. The van der Waals surface area contributed by atoms with Crippen LogP contribution in [-0.2, 0) is 0 Å². The predicted octanol–water partition coefficient (Wildman–Crippen LogP) is 3.10. The SMILES string of the molecule is CC(NC(=O)c1cccc([N+](=O)[O-])c1)C(O)c1ccc(Cl)cc1. The Kier molecular flexibility index (Phi) is 5.31. The molecular formula is C16H15ClN2O4. The Balaban J connectivity index is 2.08. The van der Waals surface area contributed by atoms with E-state index in [4.69, 9.17) is 11.6 Å². The molecule has 1 amide bonds. The van der Waals surface area contributed by atoms with Crippen molar-refractivity contribution in [2.75, 3.05) is 0 Å². The molecule has 0 bridgehead atoms. The summed E-state index contributed by atoms with van der Waals surface area (Å²) < 4.78 is 0. The second-order valence-electron chi connectivity index (χ2n) is 5.07. The number of rotatable bonds is 5. The number of aliphatic hydroxyl groups excluding tert-OH is 1. The summed E-state index contributed by atoms with van der Waals surface area (Å²) in [5.41, 5.74) is 0.610. The van der Waals surface area contributed by atoms with Gasteiger partial charge in [-0.15, -0.1) is 0 Å². The summed E-state index contributed by atoms with van der Waals surface area (Å²) in [4.78, 5) is 22.3. The highest BCUT2D eigenvalue weighted by molar-refractivity contribution is 6.30. The van der Waals surface area contributed by atoms with Crippen molar-refractivity contribution in [3.05, 3.63) is 74.8 Å². The Morgan fingerprint density at radius 1 is 1.26 bits per heavy atom. The number of carbonyl (C=O) groups excluding carboxylic acids is 1. The van der Waals surface area contributed by atoms with Crippen molar-refractivity contribution >= 4 is 23.2 Å². The lowest BCUT2D eigenvalue weighted by molar-refractivity contribution is -0.384. The van der Waals surface area contributed by atoms with E-state index in [2.05, 4.69) is 5.32 Å². The van der Waals surface area contributed by atoms with Crippen LogP contribution in [0.25, 0.3) is 0 Å². The number of hydrogen-bond acceptors (Lipinski definition) is 4. The maximum atomic E-state index is 12.2. The molecule has 7 heteroatoms. The summed E-state index contributed by atoms with van der Waals surface area (Å²) in [7, 11) is 0. The highest BCUT2D eigenvalue weighted by atomic mass is 35.5. The molecule has 120 valence electrons. The van der Waals surface area contributed by atoms with Crippen LogP contribution in [-0.4, -0.2) is 22.0 Å².